The van der Waals surface area contributed by atoms with Crippen molar-refractivity contribution in [2.45, 2.75) is 26.6 Å². The fourth-order valence-electron chi connectivity index (χ4n) is 0.214. The summed E-state index contributed by atoms with van der Waals surface area (Å²) in [7, 11) is 3.21. The summed E-state index contributed by atoms with van der Waals surface area (Å²) in [6.45, 7) is 3.22. The van der Waals surface area contributed by atoms with Crippen LogP contribution in [0.25, 0.3) is 0 Å². The van der Waals surface area contributed by atoms with Gasteiger partial charge in [0.25, 0.3) is 0 Å². The first kappa shape index (κ1) is 13.8. The van der Waals surface area contributed by atoms with Crippen LogP contribution in [0.15, 0.2) is 0 Å². The number of ketones is 1. The van der Waals surface area contributed by atoms with Gasteiger partial charge in [0.05, 0.1) is 6.42 Å². The fraction of sp³-hybridized carbons (Fsp3) is 0.750. The van der Waals surface area contributed by atoms with E-state index in [9.17, 15) is 9.59 Å². The molecular formula is C8H16O4. The van der Waals surface area contributed by atoms with Crippen LogP contribution in [0.5, 0.6) is 0 Å². The molecule has 0 heterocycles. The first-order chi connectivity index (χ1) is 5.58. The summed E-state index contributed by atoms with van der Waals surface area (Å²) in [4.78, 5) is 19.2. The molecule has 0 spiro atoms. The third-order valence-electron chi connectivity index (χ3n) is 1.03. The van der Waals surface area contributed by atoms with Crippen LogP contribution in [0.4, 0.5) is 0 Å². The predicted molar refractivity (Wildman–Crippen MR) is 44.8 cm³/mol. The summed E-state index contributed by atoms with van der Waals surface area (Å²) in [5.41, 5.74) is 0. The van der Waals surface area contributed by atoms with E-state index in [1.54, 1.807) is 14.2 Å². The van der Waals surface area contributed by atoms with Gasteiger partial charge in [-0.25, -0.2) is 0 Å². The van der Waals surface area contributed by atoms with Gasteiger partial charge in [0, 0.05) is 14.2 Å². The first-order valence-electron chi connectivity index (χ1n) is 3.57. The van der Waals surface area contributed by atoms with Gasteiger partial charge in [0.2, 0.25) is 0 Å². The Labute approximate surface area is 72.8 Å². The molecule has 0 aromatic heterocycles. The number of aldehydes is 1. The summed E-state index contributed by atoms with van der Waals surface area (Å²) in [6, 6.07) is 0. The number of rotatable bonds is 4. The van der Waals surface area contributed by atoms with Gasteiger partial charge in [-0.15, -0.1) is 0 Å². The third kappa shape index (κ3) is 16.1. The van der Waals surface area contributed by atoms with Crippen molar-refractivity contribution in [2.24, 2.45) is 0 Å². The van der Waals surface area contributed by atoms with Gasteiger partial charge in [-0.3, -0.25) is 4.79 Å². The lowest BCUT2D eigenvalue weighted by Crippen LogP contribution is -2.05. The maximum atomic E-state index is 9.81. The quantitative estimate of drug-likeness (QED) is 0.361. The van der Waals surface area contributed by atoms with Crippen molar-refractivity contribution in [3.8, 4) is 0 Å². The number of hydrogen-bond acceptors (Lipinski definition) is 4. The lowest BCUT2D eigenvalue weighted by molar-refractivity contribution is -0.120. The Kier molecular flexibility index (Phi) is 11.8. The average Bonchev–Trinajstić information content (AvgIpc) is 2.04. The Morgan fingerprint density at radius 2 is 1.83 bits per heavy atom. The van der Waals surface area contributed by atoms with Crippen LogP contribution in [-0.2, 0) is 19.1 Å². The molecule has 4 nitrogen and oxygen atoms in total. The zero-order chi connectivity index (χ0) is 9.98. The van der Waals surface area contributed by atoms with E-state index < -0.39 is 0 Å². The molecule has 12 heavy (non-hydrogen) atoms. The van der Waals surface area contributed by atoms with Crippen LogP contribution in [-0.4, -0.2) is 32.6 Å². The van der Waals surface area contributed by atoms with Gasteiger partial charge < -0.3 is 14.3 Å². The van der Waals surface area contributed by atoms with Crippen LogP contribution in [0, 0.1) is 0 Å². The standard InChI is InChI=1S/C4H10O2.C4H6O2/c1-4(5-2)6-3;1-4(6)2-3-5/h4H,1-3H3;3H,2H2,1H3. The van der Waals surface area contributed by atoms with E-state index in [1.165, 1.54) is 6.92 Å². The molecule has 0 amide bonds. The molecule has 0 fully saturated rings. The van der Waals surface area contributed by atoms with Crippen molar-refractivity contribution in [2.75, 3.05) is 14.2 Å². The SMILES string of the molecule is CC(=O)CC=O.COC(C)OC. The van der Waals surface area contributed by atoms with Crippen LogP contribution >= 0.6 is 0 Å². The molecule has 0 atom stereocenters. The van der Waals surface area contributed by atoms with Gasteiger partial charge in [-0.1, -0.05) is 0 Å². The lowest BCUT2D eigenvalue weighted by Gasteiger charge is -2.03. The third-order valence-corrected chi connectivity index (χ3v) is 1.03. The van der Waals surface area contributed by atoms with Crippen molar-refractivity contribution < 1.29 is 19.1 Å². The molecule has 0 aliphatic heterocycles. The van der Waals surface area contributed by atoms with E-state index >= 15 is 0 Å². The van der Waals surface area contributed by atoms with Crippen molar-refractivity contribution in [1.82, 2.24) is 0 Å². The minimum absolute atomic E-state index is 0.0556. The Balaban J connectivity index is 0. The van der Waals surface area contributed by atoms with E-state index in [4.69, 9.17) is 0 Å². The highest BCUT2D eigenvalue weighted by molar-refractivity contribution is 5.87. The lowest BCUT2D eigenvalue weighted by atomic mass is 10.3. The predicted octanol–water partition coefficient (Wildman–Crippen LogP) is 0.790. The van der Waals surface area contributed by atoms with E-state index in [0.29, 0.717) is 6.29 Å². The summed E-state index contributed by atoms with van der Waals surface area (Å²) in [5, 5.41) is 0. The van der Waals surface area contributed by atoms with E-state index in [0.717, 1.165) is 0 Å². The molecule has 0 rings (SSSR count). The summed E-state index contributed by atoms with van der Waals surface area (Å²) >= 11 is 0. The van der Waals surface area contributed by atoms with Gasteiger partial charge in [-0.05, 0) is 13.8 Å². The molecule has 4 heteroatoms. The summed E-state index contributed by atoms with van der Waals surface area (Å²) < 4.78 is 9.35. The zero-order valence-corrected chi connectivity index (χ0v) is 7.99. The molecule has 0 aromatic carbocycles. The molecule has 72 valence electrons. The molecule has 0 radical (unpaired) electrons. The van der Waals surface area contributed by atoms with Crippen molar-refractivity contribution >= 4 is 12.1 Å². The van der Waals surface area contributed by atoms with Crippen molar-refractivity contribution in [1.29, 1.82) is 0 Å². The molecule has 0 aliphatic rings. The highest BCUT2D eigenvalue weighted by Gasteiger charge is 1.88. The molecule has 0 N–H and O–H groups in total. The molecule has 0 aromatic rings. The normalized spacial score (nSPS) is 8.75. The van der Waals surface area contributed by atoms with Gasteiger partial charge in [0.1, 0.15) is 12.1 Å². The number of carbonyl (C=O) groups is 2. The highest BCUT2D eigenvalue weighted by Crippen LogP contribution is 1.82. The Bertz CT molecular complexity index is 118. The number of hydrogen-bond donors (Lipinski definition) is 0. The Morgan fingerprint density at radius 1 is 1.42 bits per heavy atom. The number of methoxy groups -OCH3 is 2. The number of carbonyl (C=O) groups excluding carboxylic acids is 2. The topological polar surface area (TPSA) is 52.6 Å². The van der Waals surface area contributed by atoms with E-state index in [-0.39, 0.29) is 18.5 Å². The maximum Gasteiger partial charge on any atom is 0.154 e. The smallest absolute Gasteiger partial charge is 0.154 e. The van der Waals surface area contributed by atoms with Crippen LogP contribution in [0.3, 0.4) is 0 Å². The van der Waals surface area contributed by atoms with Crippen LogP contribution in [0.2, 0.25) is 0 Å². The number of ether oxygens (including phenoxy) is 2. The molecular weight excluding hydrogens is 160 g/mol. The Hall–Kier alpha value is -0.740. The molecule has 0 unspecified atom stereocenters. The highest BCUT2D eigenvalue weighted by atomic mass is 16.7. The van der Waals surface area contributed by atoms with Crippen LogP contribution < -0.4 is 0 Å². The monoisotopic (exact) mass is 176 g/mol. The van der Waals surface area contributed by atoms with E-state index in [1.807, 2.05) is 6.92 Å². The second-order valence-corrected chi connectivity index (χ2v) is 2.11. The molecule has 0 saturated heterocycles. The molecule has 0 aliphatic carbocycles. The van der Waals surface area contributed by atoms with E-state index in [2.05, 4.69) is 9.47 Å². The summed E-state index contributed by atoms with van der Waals surface area (Å²) in [6.07, 6.45) is 0.590. The van der Waals surface area contributed by atoms with Gasteiger partial charge in [-0.2, -0.15) is 0 Å². The Morgan fingerprint density at radius 3 is 1.83 bits per heavy atom. The number of Topliss-reactive ketones (excluding diaryl/α,β-unsaturated/α-hetero) is 1. The first-order valence-corrected chi connectivity index (χ1v) is 3.57. The molecule has 0 bridgehead atoms. The van der Waals surface area contributed by atoms with Gasteiger partial charge in [0.15, 0.2) is 6.29 Å². The average molecular weight is 176 g/mol. The fourth-order valence-corrected chi connectivity index (χ4v) is 0.214. The minimum Gasteiger partial charge on any atom is -0.356 e. The zero-order valence-electron chi connectivity index (χ0n) is 7.99. The summed E-state index contributed by atoms with van der Waals surface area (Å²) in [5.74, 6) is -0.0787. The molecule has 0 saturated carbocycles. The van der Waals surface area contributed by atoms with Crippen molar-refractivity contribution in [3.05, 3.63) is 0 Å². The largest absolute Gasteiger partial charge is 0.356 e. The minimum atomic E-state index is -0.0787. The second-order valence-electron chi connectivity index (χ2n) is 2.11. The second kappa shape index (κ2) is 10.3. The van der Waals surface area contributed by atoms with Crippen LogP contribution in [0.1, 0.15) is 20.3 Å². The van der Waals surface area contributed by atoms with Gasteiger partial charge >= 0.3 is 0 Å². The maximum absolute atomic E-state index is 9.81. The van der Waals surface area contributed by atoms with Crippen molar-refractivity contribution in [3.63, 3.8) is 0 Å².